The van der Waals surface area contributed by atoms with Crippen molar-refractivity contribution >= 4 is 17.0 Å². The summed E-state index contributed by atoms with van der Waals surface area (Å²) in [6.07, 6.45) is 0. The van der Waals surface area contributed by atoms with E-state index < -0.39 is 10.7 Å². The Kier molecular flexibility index (Phi) is 3.07. The van der Waals surface area contributed by atoms with Gasteiger partial charge < -0.3 is 5.73 Å². The van der Waals surface area contributed by atoms with Crippen molar-refractivity contribution in [1.82, 2.24) is 10.2 Å². The second-order valence-corrected chi connectivity index (χ2v) is 4.19. The van der Waals surface area contributed by atoms with E-state index in [4.69, 9.17) is 5.73 Å². The molecule has 0 spiro atoms. The van der Waals surface area contributed by atoms with Crippen molar-refractivity contribution < 1.29 is 9.31 Å². The molecule has 2 rings (SSSR count). The number of hydrogen-bond acceptors (Lipinski definition) is 6. The second kappa shape index (κ2) is 4.52. The molecule has 0 aliphatic carbocycles. The molecule has 88 valence electrons. The first-order valence-electron chi connectivity index (χ1n) is 4.58. The number of nitro groups is 1. The number of hydrogen-bond donors (Lipinski definition) is 1. The highest BCUT2D eigenvalue weighted by atomic mass is 32.1. The molecule has 2 N–H and O–H groups in total. The van der Waals surface area contributed by atoms with Crippen molar-refractivity contribution in [2.45, 2.75) is 6.54 Å². The van der Waals surface area contributed by atoms with Gasteiger partial charge in [-0.3, -0.25) is 10.1 Å². The van der Waals surface area contributed by atoms with Crippen molar-refractivity contribution in [3.8, 4) is 10.6 Å². The molecule has 1 aromatic heterocycles. The van der Waals surface area contributed by atoms with Crippen LogP contribution in [-0.2, 0) is 6.54 Å². The Hall–Kier alpha value is -1.93. The standard InChI is InChI=1S/C9H7FN4O2S/c10-5-1-2-6(7(3-5)14(15)16)9-13-12-8(4-11)17-9/h1-3H,4,11H2. The first kappa shape index (κ1) is 11.6. The van der Waals surface area contributed by atoms with Gasteiger partial charge in [-0.1, -0.05) is 11.3 Å². The highest BCUT2D eigenvalue weighted by Gasteiger charge is 2.19. The summed E-state index contributed by atoms with van der Waals surface area (Å²) < 4.78 is 12.9. The number of rotatable bonds is 3. The molecule has 1 heterocycles. The lowest BCUT2D eigenvalue weighted by Crippen LogP contribution is -1.94. The van der Waals surface area contributed by atoms with Crippen LogP contribution in [0.5, 0.6) is 0 Å². The second-order valence-electron chi connectivity index (χ2n) is 3.12. The summed E-state index contributed by atoms with van der Waals surface area (Å²) in [5, 5.41) is 19.3. The van der Waals surface area contributed by atoms with E-state index in [1.54, 1.807) is 0 Å². The maximum atomic E-state index is 12.9. The number of benzene rings is 1. The quantitative estimate of drug-likeness (QED) is 0.664. The van der Waals surface area contributed by atoms with Gasteiger partial charge in [0.15, 0.2) is 5.01 Å². The maximum absolute atomic E-state index is 12.9. The van der Waals surface area contributed by atoms with Crippen LogP contribution in [-0.4, -0.2) is 15.1 Å². The van der Waals surface area contributed by atoms with Gasteiger partial charge in [-0.05, 0) is 12.1 Å². The number of nitro benzene ring substituents is 1. The summed E-state index contributed by atoms with van der Waals surface area (Å²) in [5.41, 5.74) is 5.29. The SMILES string of the molecule is NCc1nnc(-c2ccc(F)cc2[N+](=O)[O-])s1. The van der Waals surface area contributed by atoms with E-state index in [2.05, 4.69) is 10.2 Å². The minimum atomic E-state index is -0.663. The van der Waals surface area contributed by atoms with E-state index in [1.165, 1.54) is 6.07 Å². The third-order valence-electron chi connectivity index (χ3n) is 2.03. The van der Waals surface area contributed by atoms with Crippen LogP contribution in [0.15, 0.2) is 18.2 Å². The Morgan fingerprint density at radius 2 is 2.24 bits per heavy atom. The monoisotopic (exact) mass is 254 g/mol. The summed E-state index contributed by atoms with van der Waals surface area (Å²) in [4.78, 5) is 10.1. The van der Waals surface area contributed by atoms with E-state index >= 15 is 0 Å². The van der Waals surface area contributed by atoms with Gasteiger partial charge >= 0.3 is 0 Å². The van der Waals surface area contributed by atoms with Crippen molar-refractivity contribution in [2.75, 3.05) is 0 Å². The zero-order chi connectivity index (χ0) is 12.4. The van der Waals surface area contributed by atoms with Crippen LogP contribution in [0.2, 0.25) is 0 Å². The number of nitrogens with two attached hydrogens (primary N) is 1. The van der Waals surface area contributed by atoms with Crippen LogP contribution in [0, 0.1) is 15.9 Å². The van der Waals surface area contributed by atoms with Crippen LogP contribution in [0.4, 0.5) is 10.1 Å². The van der Waals surface area contributed by atoms with Gasteiger partial charge in [0.2, 0.25) is 0 Å². The highest BCUT2D eigenvalue weighted by molar-refractivity contribution is 7.14. The molecule has 0 atom stereocenters. The summed E-state index contributed by atoms with van der Waals surface area (Å²) in [7, 11) is 0. The molecule has 0 unspecified atom stereocenters. The summed E-state index contributed by atoms with van der Waals surface area (Å²) >= 11 is 1.15. The molecule has 0 saturated heterocycles. The third kappa shape index (κ3) is 2.27. The average Bonchev–Trinajstić information content (AvgIpc) is 2.77. The van der Waals surface area contributed by atoms with Gasteiger partial charge in [0.1, 0.15) is 10.8 Å². The normalized spacial score (nSPS) is 10.5. The molecule has 0 radical (unpaired) electrons. The van der Waals surface area contributed by atoms with Gasteiger partial charge in [-0.25, -0.2) is 4.39 Å². The van der Waals surface area contributed by atoms with Crippen LogP contribution < -0.4 is 5.73 Å². The van der Waals surface area contributed by atoms with Gasteiger partial charge in [0, 0.05) is 6.54 Å². The van der Waals surface area contributed by atoms with E-state index in [0.29, 0.717) is 10.0 Å². The van der Waals surface area contributed by atoms with Crippen molar-refractivity contribution in [1.29, 1.82) is 0 Å². The first-order chi connectivity index (χ1) is 8.11. The van der Waals surface area contributed by atoms with E-state index in [9.17, 15) is 14.5 Å². The zero-order valence-corrected chi connectivity index (χ0v) is 9.28. The molecule has 8 heteroatoms. The molecule has 0 fully saturated rings. The molecular weight excluding hydrogens is 247 g/mol. The smallest absolute Gasteiger partial charge is 0.282 e. The number of nitrogens with zero attached hydrogens (tertiary/aromatic N) is 3. The van der Waals surface area contributed by atoms with Crippen LogP contribution in [0.1, 0.15) is 5.01 Å². The molecular formula is C9H7FN4O2S. The fourth-order valence-electron chi connectivity index (χ4n) is 1.28. The van der Waals surface area contributed by atoms with Crippen molar-refractivity contribution in [2.24, 2.45) is 5.73 Å². The van der Waals surface area contributed by atoms with Crippen LogP contribution in [0.3, 0.4) is 0 Å². The fourth-order valence-corrected chi connectivity index (χ4v) is 2.03. The van der Waals surface area contributed by atoms with Crippen molar-refractivity contribution in [3.05, 3.63) is 39.1 Å². The zero-order valence-electron chi connectivity index (χ0n) is 8.46. The largest absolute Gasteiger partial charge is 0.324 e. The Morgan fingerprint density at radius 1 is 1.47 bits per heavy atom. The van der Waals surface area contributed by atoms with Gasteiger partial charge in [-0.15, -0.1) is 10.2 Å². The van der Waals surface area contributed by atoms with E-state index in [1.807, 2.05) is 0 Å². The minimum Gasteiger partial charge on any atom is -0.324 e. The molecule has 2 aromatic rings. The first-order valence-corrected chi connectivity index (χ1v) is 5.40. The third-order valence-corrected chi connectivity index (χ3v) is 3.01. The molecule has 6 nitrogen and oxygen atoms in total. The Bertz CT molecular complexity index is 572. The lowest BCUT2D eigenvalue weighted by atomic mass is 10.2. The summed E-state index contributed by atoms with van der Waals surface area (Å²) in [6, 6.07) is 3.32. The van der Waals surface area contributed by atoms with Crippen LogP contribution in [0.25, 0.3) is 10.6 Å². The summed E-state index contributed by atoms with van der Waals surface area (Å²) in [6.45, 7) is 0.215. The minimum absolute atomic E-state index is 0.215. The van der Waals surface area contributed by atoms with E-state index in [0.717, 1.165) is 23.5 Å². The maximum Gasteiger partial charge on any atom is 0.282 e. The molecule has 1 aromatic carbocycles. The van der Waals surface area contributed by atoms with Crippen LogP contribution >= 0.6 is 11.3 Å². The van der Waals surface area contributed by atoms with Crippen molar-refractivity contribution in [3.63, 3.8) is 0 Å². The average molecular weight is 254 g/mol. The van der Waals surface area contributed by atoms with E-state index in [-0.39, 0.29) is 17.8 Å². The lowest BCUT2D eigenvalue weighted by Gasteiger charge is -1.98. The number of aromatic nitrogens is 2. The molecule has 0 aliphatic heterocycles. The molecule has 0 saturated carbocycles. The predicted molar refractivity (Wildman–Crippen MR) is 59.8 cm³/mol. The summed E-state index contributed by atoms with van der Waals surface area (Å²) in [5.74, 6) is -0.663. The Balaban J connectivity index is 2.54. The molecule has 0 bridgehead atoms. The lowest BCUT2D eigenvalue weighted by molar-refractivity contribution is -0.384. The molecule has 0 amide bonds. The predicted octanol–water partition coefficient (Wildman–Crippen LogP) is 1.71. The molecule has 0 aliphatic rings. The van der Waals surface area contributed by atoms with Gasteiger partial charge in [0.25, 0.3) is 5.69 Å². The highest BCUT2D eigenvalue weighted by Crippen LogP contribution is 2.32. The molecule has 17 heavy (non-hydrogen) atoms. The Morgan fingerprint density at radius 3 is 2.82 bits per heavy atom. The van der Waals surface area contributed by atoms with Gasteiger partial charge in [-0.2, -0.15) is 0 Å². The van der Waals surface area contributed by atoms with Gasteiger partial charge in [0.05, 0.1) is 16.6 Å². The number of halogens is 1. The Labute approximate surface area is 99.1 Å². The fraction of sp³-hybridized carbons (Fsp3) is 0.111. The topological polar surface area (TPSA) is 94.9 Å².